The molecule has 117 heavy (non-hydrogen) atoms. The Morgan fingerprint density at radius 3 is 1.20 bits per heavy atom. The summed E-state index contributed by atoms with van der Waals surface area (Å²) in [5.41, 5.74) is 25.0. The van der Waals surface area contributed by atoms with Crippen LogP contribution in [-0.2, 0) is 31.1 Å². The lowest BCUT2D eigenvalue weighted by atomic mass is 9.70. The third kappa shape index (κ3) is 18.9. The molecule has 2 aliphatic rings. The minimum absolute atomic E-state index is 0.107. The van der Waals surface area contributed by atoms with Crippen molar-refractivity contribution in [3.05, 3.63) is 399 Å². The predicted octanol–water partition coefficient (Wildman–Crippen LogP) is 30.0. The number of pyridine rings is 2. The van der Waals surface area contributed by atoms with Crippen molar-refractivity contribution in [1.29, 1.82) is 0 Å². The van der Waals surface area contributed by atoms with Crippen LogP contribution in [0.2, 0.25) is 0 Å². The second-order valence-electron chi connectivity index (χ2n) is 29.4. The van der Waals surface area contributed by atoms with Crippen molar-refractivity contribution in [3.63, 3.8) is 0 Å². The fourth-order valence-corrected chi connectivity index (χ4v) is 16.3. The van der Waals surface area contributed by atoms with Crippen molar-refractivity contribution in [1.82, 2.24) is 9.97 Å². The number of fused-ring (bicyclic) bond motifs is 10. The Morgan fingerprint density at radius 2 is 0.718 bits per heavy atom. The van der Waals surface area contributed by atoms with Crippen LogP contribution in [0, 0.1) is 60.6 Å². The van der Waals surface area contributed by atoms with Gasteiger partial charge in [0.15, 0.2) is 23.2 Å². The van der Waals surface area contributed by atoms with Gasteiger partial charge in [-0.3, -0.25) is 0 Å². The second kappa shape index (κ2) is 38.6. The average molecular weight is 1580 g/mol. The summed E-state index contributed by atoms with van der Waals surface area (Å²) >= 11 is 1.55. The highest BCUT2D eigenvalue weighted by Gasteiger charge is 2.51. The molecule has 15 aromatic rings. The van der Waals surface area contributed by atoms with Crippen LogP contribution < -0.4 is 4.74 Å². The van der Waals surface area contributed by atoms with Crippen LogP contribution in [0.25, 0.3) is 99.7 Å². The van der Waals surface area contributed by atoms with Crippen LogP contribution in [0.4, 0.5) is 35.1 Å². The highest BCUT2D eigenvalue weighted by atomic mass is 32.1. The first-order valence-corrected chi connectivity index (χ1v) is 41.0. The molecule has 0 aliphatic heterocycles. The molecular weight excluding hydrogens is 1490 g/mol. The van der Waals surface area contributed by atoms with Crippen LogP contribution in [0.1, 0.15) is 128 Å². The summed E-state index contributed by atoms with van der Waals surface area (Å²) in [7, 11) is 0. The van der Waals surface area contributed by atoms with Crippen molar-refractivity contribution >= 4 is 11.3 Å². The van der Waals surface area contributed by atoms with E-state index in [1.165, 1.54) is 134 Å². The topological polar surface area (TPSA) is 35.0 Å². The van der Waals surface area contributed by atoms with E-state index in [2.05, 4.69) is 195 Å². The first-order valence-electron chi connectivity index (χ1n) is 40.2. The Morgan fingerprint density at radius 1 is 0.308 bits per heavy atom. The maximum atomic E-state index is 14.7. The zero-order chi connectivity index (χ0) is 82.1. The van der Waals surface area contributed by atoms with Gasteiger partial charge in [0.2, 0.25) is 5.95 Å². The third-order valence-corrected chi connectivity index (χ3v) is 22.7. The Kier molecular flexibility index (Phi) is 27.3. The van der Waals surface area contributed by atoms with Gasteiger partial charge in [0, 0.05) is 32.7 Å². The normalized spacial score (nSPS) is 11.6. The van der Waals surface area contributed by atoms with E-state index in [0.717, 1.165) is 75.7 Å². The SMILES string of the molecule is CCCCCc1ccc(-c2ccc(-c3ccc(CCC)cc3)nc2F)cc1.CCCCc1ccc(-c2ccc(-c3sc(CC)cc3F)cc2)cc1.CCOc1ccc(-c2ccc(C)cc2)nc1F.Cc1ccc(-c2ccc(-c3cc(F)c(F)c(F)c3)c(F)c2)c(F)c1.c1ccc2c(c1)-c1ccccc1C21c2ccccc2-c2ccccc21. The molecule has 0 saturated heterocycles. The smallest absolute Gasteiger partial charge is 0.255 e. The van der Waals surface area contributed by atoms with Crippen LogP contribution in [-0.4, -0.2) is 16.6 Å². The number of benzene rings is 12. The summed E-state index contributed by atoms with van der Waals surface area (Å²) in [5.74, 6) is -6.60. The number of aromatic nitrogens is 2. The van der Waals surface area contributed by atoms with Gasteiger partial charge in [0.1, 0.15) is 17.5 Å². The summed E-state index contributed by atoms with van der Waals surface area (Å²) in [5, 5.41) is 0. The number of aryl methyl sites for hydroxylation is 6. The van der Waals surface area contributed by atoms with E-state index in [-0.39, 0.29) is 39.2 Å². The van der Waals surface area contributed by atoms with Crippen LogP contribution >= 0.6 is 11.3 Å². The maximum Gasteiger partial charge on any atom is 0.255 e. The first kappa shape index (κ1) is 82.8. The number of nitrogens with zero attached hydrogens (tertiary/aromatic N) is 2. The molecule has 17 rings (SSSR count). The largest absolute Gasteiger partial charge is 0.489 e. The van der Waals surface area contributed by atoms with E-state index in [1.807, 2.05) is 86.6 Å². The summed E-state index contributed by atoms with van der Waals surface area (Å²) in [6, 6.07) is 95.4. The van der Waals surface area contributed by atoms with Gasteiger partial charge in [-0.25, -0.2) is 36.3 Å². The fourth-order valence-electron chi connectivity index (χ4n) is 15.3. The Labute approximate surface area is 686 Å². The number of hydrogen-bond donors (Lipinski definition) is 0. The van der Waals surface area contributed by atoms with Gasteiger partial charge in [-0.1, -0.05) is 302 Å². The van der Waals surface area contributed by atoms with Crippen LogP contribution in [0.5, 0.6) is 5.75 Å². The van der Waals surface area contributed by atoms with Gasteiger partial charge in [0.05, 0.1) is 28.3 Å². The molecule has 3 aromatic heterocycles. The molecule has 12 heteroatoms. The minimum atomic E-state index is -1.61. The highest BCUT2D eigenvalue weighted by Crippen LogP contribution is 2.62. The molecule has 0 bridgehead atoms. The highest BCUT2D eigenvalue weighted by molar-refractivity contribution is 7.15. The molecule has 3 heterocycles. The summed E-state index contributed by atoms with van der Waals surface area (Å²) in [6.07, 6.45) is 11.4. The van der Waals surface area contributed by atoms with Gasteiger partial charge in [-0.2, -0.15) is 8.78 Å². The van der Waals surface area contributed by atoms with Gasteiger partial charge >= 0.3 is 0 Å². The van der Waals surface area contributed by atoms with Crippen LogP contribution in [0.15, 0.2) is 297 Å². The lowest BCUT2D eigenvalue weighted by Gasteiger charge is -2.30. The first-order chi connectivity index (χ1) is 56.9. The Hall–Kier alpha value is -12.1. The van der Waals surface area contributed by atoms with Crippen molar-refractivity contribution in [2.24, 2.45) is 0 Å². The minimum Gasteiger partial charge on any atom is -0.489 e. The van der Waals surface area contributed by atoms with E-state index in [0.29, 0.717) is 35.7 Å². The molecule has 1 spiro atoms. The molecule has 590 valence electrons. The van der Waals surface area contributed by atoms with Crippen molar-refractivity contribution in [2.45, 2.75) is 118 Å². The summed E-state index contributed by atoms with van der Waals surface area (Å²) in [4.78, 5) is 9.95. The number of thiophene rings is 1. The lowest BCUT2D eigenvalue weighted by molar-refractivity contribution is 0.316. The molecule has 0 radical (unpaired) electrons. The molecule has 0 fully saturated rings. The standard InChI is InChI=1S/C25H28FN.C25H16.C22H23FS.C19H11F5.C14H14FNO/c1-3-5-6-8-20-9-13-21(14-10-20)23-17-18-24(27-25(23)26)22-15-11-19(7-4-2)12-16-22;1-5-13-21-17(9-1)18-10-2-6-14-22(18)25(21)23-15-7-3-11-19(23)20-12-4-8-16-24(20)25;1-3-5-6-16-7-9-17(10-8-16)18-11-13-19(14-12-18)22-21(23)15-20(4-2)24-22;1-10-2-4-13(15(20)6-10)11-3-5-14(16(21)7-11)12-8-17(22)19(24)18(23)9-12;1-3-17-13-9-8-12(16-14(13)15)11-6-4-10(2)5-7-11/h9-18H,3-8H2,1-2H3;1-16H;7-15H,3-6H2,1-2H3;2-9H,1H3;4-9H,3H2,1-2H3. The van der Waals surface area contributed by atoms with E-state index < -0.39 is 41.0 Å². The van der Waals surface area contributed by atoms with E-state index in [4.69, 9.17) is 4.74 Å². The molecule has 0 atom stereocenters. The van der Waals surface area contributed by atoms with Gasteiger partial charge in [-0.15, -0.1) is 11.3 Å². The van der Waals surface area contributed by atoms with Crippen molar-refractivity contribution in [2.75, 3.05) is 6.61 Å². The monoisotopic (exact) mass is 1580 g/mol. The maximum absolute atomic E-state index is 14.7. The van der Waals surface area contributed by atoms with Gasteiger partial charge < -0.3 is 4.74 Å². The second-order valence-corrected chi connectivity index (χ2v) is 30.5. The quantitative estimate of drug-likeness (QED) is 0.0350. The predicted molar refractivity (Wildman–Crippen MR) is 466 cm³/mol. The van der Waals surface area contributed by atoms with Gasteiger partial charge in [-0.05, 0) is 214 Å². The van der Waals surface area contributed by atoms with Gasteiger partial charge in [0.25, 0.3) is 5.95 Å². The number of hydrogen-bond acceptors (Lipinski definition) is 4. The molecule has 0 saturated carbocycles. The number of unbranched alkanes of at least 4 members (excludes halogenated alkanes) is 3. The van der Waals surface area contributed by atoms with Crippen LogP contribution in [0.3, 0.4) is 0 Å². The number of ether oxygens (including phenoxy) is 1. The third-order valence-electron chi connectivity index (χ3n) is 21.4. The number of rotatable bonds is 19. The summed E-state index contributed by atoms with van der Waals surface area (Å²) in [6.45, 7) is 14.6. The number of halogens is 8. The van der Waals surface area contributed by atoms with E-state index >= 15 is 0 Å². The molecule has 3 nitrogen and oxygen atoms in total. The molecule has 0 amide bonds. The fraction of sp³-hybridized carbons (Fsp3) is 0.181. The lowest BCUT2D eigenvalue weighted by Crippen LogP contribution is -2.25. The zero-order valence-corrected chi connectivity index (χ0v) is 67.6. The molecule has 12 aromatic carbocycles. The summed E-state index contributed by atoms with van der Waals surface area (Å²) < 4.78 is 115. The molecule has 0 N–H and O–H groups in total. The Balaban J connectivity index is 0.000000128. The van der Waals surface area contributed by atoms with E-state index in [1.54, 1.807) is 42.5 Å². The molecular formula is C105H92F8N2OS. The zero-order valence-electron chi connectivity index (χ0n) is 66.8. The average Bonchev–Trinajstić information content (AvgIpc) is 1.51. The molecule has 2 aliphatic carbocycles. The Bertz CT molecular complexity index is 5690. The molecule has 0 unspecified atom stereocenters. The van der Waals surface area contributed by atoms with Crippen molar-refractivity contribution in [3.8, 4) is 105 Å². The van der Waals surface area contributed by atoms with Crippen molar-refractivity contribution < 1.29 is 39.9 Å². The van der Waals surface area contributed by atoms with E-state index in [9.17, 15) is 35.1 Å².